The number of carboxylic acid groups (broad SMARTS) is 2. The average molecular weight is 345 g/mol. The molecule has 1 aromatic rings. The van der Waals surface area contributed by atoms with E-state index in [4.69, 9.17) is 10.2 Å². The van der Waals surface area contributed by atoms with Gasteiger partial charge in [0.1, 0.15) is 6.04 Å². The molecule has 0 aliphatic carbocycles. The number of urea groups is 1. The Bertz CT molecular complexity index is 547. The molecule has 0 saturated heterocycles. The Labute approximate surface area is 123 Å². The molecule has 4 N–H and O–H groups in total. The zero-order chi connectivity index (χ0) is 15.3. The lowest BCUT2D eigenvalue weighted by Gasteiger charge is -2.13. The molecule has 0 spiro atoms. The lowest BCUT2D eigenvalue weighted by Crippen LogP contribution is -2.44. The fourth-order valence-corrected chi connectivity index (χ4v) is 1.75. The van der Waals surface area contributed by atoms with Crippen LogP contribution in [-0.2, 0) is 9.59 Å². The van der Waals surface area contributed by atoms with Crippen LogP contribution in [-0.4, -0.2) is 34.2 Å². The molecule has 0 aromatic heterocycles. The van der Waals surface area contributed by atoms with Crippen LogP contribution in [0.5, 0.6) is 0 Å². The van der Waals surface area contributed by atoms with Gasteiger partial charge in [-0.2, -0.15) is 0 Å². The van der Waals surface area contributed by atoms with Crippen molar-refractivity contribution in [1.29, 1.82) is 0 Å². The highest BCUT2D eigenvalue weighted by Gasteiger charge is 2.22. The zero-order valence-corrected chi connectivity index (χ0v) is 12.1. The molecule has 0 aliphatic heterocycles. The maximum Gasteiger partial charge on any atom is 0.326 e. The number of nitrogens with one attached hydrogen (secondary N) is 2. The highest BCUT2D eigenvalue weighted by Crippen LogP contribution is 2.20. The third kappa shape index (κ3) is 4.88. The number of hydrogen-bond acceptors (Lipinski definition) is 3. The second-order valence-electron chi connectivity index (χ2n) is 4.05. The third-order valence-electron chi connectivity index (χ3n) is 2.41. The van der Waals surface area contributed by atoms with E-state index in [9.17, 15) is 14.4 Å². The highest BCUT2D eigenvalue weighted by molar-refractivity contribution is 9.10. The van der Waals surface area contributed by atoms with Crippen molar-refractivity contribution in [2.45, 2.75) is 19.4 Å². The van der Waals surface area contributed by atoms with Gasteiger partial charge in [-0.1, -0.05) is 22.0 Å². The number of aryl methyl sites for hydroxylation is 1. The summed E-state index contributed by atoms with van der Waals surface area (Å²) in [5.74, 6) is -2.72. The first kappa shape index (κ1) is 16.0. The molecular formula is C12H13BrN2O5. The molecule has 0 heterocycles. The van der Waals surface area contributed by atoms with E-state index in [2.05, 4.69) is 26.6 Å². The number of carbonyl (C=O) groups excluding carboxylic acids is 1. The van der Waals surface area contributed by atoms with Gasteiger partial charge in [0.15, 0.2) is 0 Å². The number of anilines is 1. The summed E-state index contributed by atoms with van der Waals surface area (Å²) in [7, 11) is 0. The maximum absolute atomic E-state index is 11.6. The average Bonchev–Trinajstić information content (AvgIpc) is 2.32. The Morgan fingerprint density at radius 3 is 2.45 bits per heavy atom. The van der Waals surface area contributed by atoms with Crippen molar-refractivity contribution in [3.63, 3.8) is 0 Å². The van der Waals surface area contributed by atoms with Gasteiger partial charge in [0.2, 0.25) is 0 Å². The highest BCUT2D eigenvalue weighted by atomic mass is 79.9. The summed E-state index contributed by atoms with van der Waals surface area (Å²) in [5, 5.41) is 21.9. The standard InChI is InChI=1S/C12H13BrN2O5/c1-6-2-3-7(4-8(6)13)14-12(20)15-9(11(18)19)5-10(16)17/h2-4,9H,5H2,1H3,(H,16,17)(H,18,19)(H2,14,15,20)/t9-/m0/s1. The van der Waals surface area contributed by atoms with Crippen LogP contribution in [0.1, 0.15) is 12.0 Å². The van der Waals surface area contributed by atoms with Crippen LogP contribution in [0.25, 0.3) is 0 Å². The summed E-state index contributed by atoms with van der Waals surface area (Å²) in [6.07, 6.45) is -0.694. The zero-order valence-electron chi connectivity index (χ0n) is 10.5. The van der Waals surface area contributed by atoms with Gasteiger partial charge in [0.25, 0.3) is 0 Å². The number of hydrogen-bond donors (Lipinski definition) is 4. The van der Waals surface area contributed by atoms with Crippen LogP contribution in [0.2, 0.25) is 0 Å². The van der Waals surface area contributed by atoms with E-state index < -0.39 is 30.4 Å². The van der Waals surface area contributed by atoms with E-state index in [1.807, 2.05) is 6.92 Å². The topological polar surface area (TPSA) is 116 Å². The molecule has 108 valence electrons. The van der Waals surface area contributed by atoms with Crippen LogP contribution in [0, 0.1) is 6.92 Å². The summed E-state index contributed by atoms with van der Waals surface area (Å²) in [4.78, 5) is 32.9. The Morgan fingerprint density at radius 1 is 1.30 bits per heavy atom. The van der Waals surface area contributed by atoms with Crippen LogP contribution < -0.4 is 10.6 Å². The summed E-state index contributed by atoms with van der Waals surface area (Å²) >= 11 is 3.30. The van der Waals surface area contributed by atoms with Crippen molar-refractivity contribution in [1.82, 2.24) is 5.32 Å². The Hall–Kier alpha value is -2.09. The van der Waals surface area contributed by atoms with E-state index >= 15 is 0 Å². The first-order valence-electron chi connectivity index (χ1n) is 5.58. The van der Waals surface area contributed by atoms with Gasteiger partial charge < -0.3 is 20.8 Å². The monoisotopic (exact) mass is 344 g/mol. The third-order valence-corrected chi connectivity index (χ3v) is 3.27. The molecule has 2 amide bonds. The number of aliphatic carboxylic acids is 2. The predicted molar refractivity (Wildman–Crippen MR) is 74.7 cm³/mol. The SMILES string of the molecule is Cc1ccc(NC(=O)N[C@@H](CC(=O)O)C(=O)O)cc1Br. The summed E-state index contributed by atoms with van der Waals surface area (Å²) in [6, 6.07) is 2.80. The fraction of sp³-hybridized carbons (Fsp3) is 0.250. The molecule has 1 aromatic carbocycles. The second kappa shape index (κ2) is 6.90. The Morgan fingerprint density at radius 2 is 1.95 bits per heavy atom. The molecule has 0 saturated carbocycles. The fourth-order valence-electron chi connectivity index (χ4n) is 1.37. The number of benzene rings is 1. The lowest BCUT2D eigenvalue weighted by atomic mass is 10.2. The Balaban J connectivity index is 2.67. The van der Waals surface area contributed by atoms with E-state index in [1.54, 1.807) is 18.2 Å². The minimum atomic E-state index is -1.48. The van der Waals surface area contributed by atoms with Gasteiger partial charge in [0.05, 0.1) is 6.42 Å². The normalized spacial score (nSPS) is 11.5. The number of amides is 2. The van der Waals surface area contributed by atoms with Crippen LogP contribution in [0.3, 0.4) is 0 Å². The van der Waals surface area contributed by atoms with E-state index in [1.165, 1.54) is 0 Å². The second-order valence-corrected chi connectivity index (χ2v) is 4.91. The van der Waals surface area contributed by atoms with E-state index in [-0.39, 0.29) is 0 Å². The van der Waals surface area contributed by atoms with Crippen molar-refractivity contribution >= 4 is 39.6 Å². The van der Waals surface area contributed by atoms with Crippen LogP contribution >= 0.6 is 15.9 Å². The van der Waals surface area contributed by atoms with Gasteiger partial charge in [0, 0.05) is 10.2 Å². The van der Waals surface area contributed by atoms with E-state index in [0.29, 0.717) is 5.69 Å². The quantitative estimate of drug-likeness (QED) is 0.650. The molecule has 1 atom stereocenters. The molecule has 0 fully saturated rings. The molecule has 7 nitrogen and oxygen atoms in total. The summed E-state index contributed by atoms with van der Waals surface area (Å²) in [6.45, 7) is 1.88. The molecule has 0 radical (unpaired) electrons. The summed E-state index contributed by atoms with van der Waals surface area (Å²) in [5.41, 5.74) is 1.43. The molecule has 8 heteroatoms. The largest absolute Gasteiger partial charge is 0.481 e. The number of carbonyl (C=O) groups is 3. The lowest BCUT2D eigenvalue weighted by molar-refractivity contribution is -0.145. The minimum absolute atomic E-state index is 0.458. The molecule has 20 heavy (non-hydrogen) atoms. The van der Waals surface area contributed by atoms with Gasteiger partial charge in [-0.15, -0.1) is 0 Å². The Kier molecular flexibility index (Phi) is 5.51. The van der Waals surface area contributed by atoms with Crippen molar-refractivity contribution < 1.29 is 24.6 Å². The first-order valence-corrected chi connectivity index (χ1v) is 6.37. The smallest absolute Gasteiger partial charge is 0.326 e. The molecular weight excluding hydrogens is 332 g/mol. The van der Waals surface area contributed by atoms with Gasteiger partial charge in [-0.05, 0) is 24.6 Å². The molecule has 0 unspecified atom stereocenters. The van der Waals surface area contributed by atoms with Crippen molar-refractivity contribution in [3.05, 3.63) is 28.2 Å². The molecule has 1 rings (SSSR count). The van der Waals surface area contributed by atoms with E-state index in [0.717, 1.165) is 10.0 Å². The van der Waals surface area contributed by atoms with Crippen molar-refractivity contribution in [2.75, 3.05) is 5.32 Å². The minimum Gasteiger partial charge on any atom is -0.481 e. The van der Waals surface area contributed by atoms with Crippen molar-refractivity contribution in [3.8, 4) is 0 Å². The predicted octanol–water partition coefficient (Wildman–Crippen LogP) is 1.81. The number of carboxylic acids is 2. The summed E-state index contributed by atoms with van der Waals surface area (Å²) < 4.78 is 0.788. The maximum atomic E-state index is 11.6. The van der Waals surface area contributed by atoms with Gasteiger partial charge in [-0.25, -0.2) is 9.59 Å². The molecule has 0 bridgehead atoms. The van der Waals surface area contributed by atoms with Crippen molar-refractivity contribution in [2.24, 2.45) is 0 Å². The van der Waals surface area contributed by atoms with Crippen LogP contribution in [0.15, 0.2) is 22.7 Å². The number of halogens is 1. The van der Waals surface area contributed by atoms with Gasteiger partial charge >= 0.3 is 18.0 Å². The first-order chi connectivity index (χ1) is 9.29. The van der Waals surface area contributed by atoms with Gasteiger partial charge in [-0.3, -0.25) is 4.79 Å². The molecule has 0 aliphatic rings. The number of rotatable bonds is 5. The van der Waals surface area contributed by atoms with Crippen LogP contribution in [0.4, 0.5) is 10.5 Å².